The van der Waals surface area contributed by atoms with Crippen molar-refractivity contribution in [2.45, 2.75) is 26.8 Å². The number of aromatic nitrogens is 1. The number of ether oxygens (including phenoxy) is 1. The van der Waals surface area contributed by atoms with Gasteiger partial charge in [-0.3, -0.25) is 4.79 Å². The van der Waals surface area contributed by atoms with E-state index in [0.29, 0.717) is 5.69 Å². The van der Waals surface area contributed by atoms with Gasteiger partial charge in [0, 0.05) is 13.1 Å². The summed E-state index contributed by atoms with van der Waals surface area (Å²) in [4.78, 5) is 18.8. The Balaban J connectivity index is 2.07. The molecule has 1 saturated heterocycles. The number of morpholine rings is 1. The normalized spacial score (nSPS) is 16.9. The fraction of sp³-hybridized carbons (Fsp3) is 0.600. The fourth-order valence-electron chi connectivity index (χ4n) is 2.17. The Hall–Kier alpha value is -1.66. The Kier molecular flexibility index (Phi) is 5.14. The minimum absolute atomic E-state index is 0.103. The average molecular weight is 292 g/mol. The van der Waals surface area contributed by atoms with Crippen molar-refractivity contribution in [1.82, 2.24) is 4.98 Å². The number of aryl methyl sites for hydroxylation is 1. The van der Waals surface area contributed by atoms with Crippen molar-refractivity contribution >= 4 is 17.4 Å². The molecule has 0 aromatic carbocycles. The lowest BCUT2D eigenvalue weighted by Gasteiger charge is -2.28. The van der Waals surface area contributed by atoms with Crippen molar-refractivity contribution in [3.63, 3.8) is 0 Å². The minimum Gasteiger partial charge on any atom is -0.378 e. The third-order valence-corrected chi connectivity index (χ3v) is 3.69. The first-order chi connectivity index (χ1) is 9.99. The second-order valence-electron chi connectivity index (χ2n) is 5.66. The summed E-state index contributed by atoms with van der Waals surface area (Å²) in [6.45, 7) is 8.88. The fourth-order valence-corrected chi connectivity index (χ4v) is 2.17. The summed E-state index contributed by atoms with van der Waals surface area (Å²) in [5.41, 5.74) is 7.36. The SMILES string of the molecule is Cc1nc(N2CCOCC2)ccc1NC(=O)[C@@H](N)C(C)C. The van der Waals surface area contributed by atoms with Crippen molar-refractivity contribution < 1.29 is 9.53 Å². The zero-order valence-electron chi connectivity index (χ0n) is 12.9. The van der Waals surface area contributed by atoms with Gasteiger partial charge in [-0.2, -0.15) is 0 Å². The predicted octanol–water partition coefficient (Wildman–Crippen LogP) is 1.15. The Labute approximate surface area is 125 Å². The van der Waals surface area contributed by atoms with Gasteiger partial charge < -0.3 is 20.7 Å². The number of nitrogens with zero attached hydrogens (tertiary/aromatic N) is 2. The van der Waals surface area contributed by atoms with E-state index >= 15 is 0 Å². The molecule has 0 spiro atoms. The molecule has 21 heavy (non-hydrogen) atoms. The Morgan fingerprint density at radius 3 is 2.62 bits per heavy atom. The second-order valence-corrected chi connectivity index (χ2v) is 5.66. The monoisotopic (exact) mass is 292 g/mol. The van der Waals surface area contributed by atoms with Crippen LogP contribution >= 0.6 is 0 Å². The first-order valence-corrected chi connectivity index (χ1v) is 7.36. The van der Waals surface area contributed by atoms with E-state index in [1.165, 1.54) is 0 Å². The van der Waals surface area contributed by atoms with Crippen LogP contribution in [0.25, 0.3) is 0 Å². The molecule has 0 saturated carbocycles. The predicted molar refractivity (Wildman–Crippen MR) is 83.4 cm³/mol. The molecule has 0 unspecified atom stereocenters. The highest BCUT2D eigenvalue weighted by Gasteiger charge is 2.19. The molecule has 1 aliphatic heterocycles. The zero-order valence-corrected chi connectivity index (χ0v) is 12.9. The van der Waals surface area contributed by atoms with Crippen LogP contribution in [0.2, 0.25) is 0 Å². The number of hydrogen-bond acceptors (Lipinski definition) is 5. The Morgan fingerprint density at radius 1 is 1.38 bits per heavy atom. The molecular weight excluding hydrogens is 268 g/mol. The van der Waals surface area contributed by atoms with E-state index in [-0.39, 0.29) is 11.8 Å². The van der Waals surface area contributed by atoms with Gasteiger partial charge in [0.1, 0.15) is 5.82 Å². The van der Waals surface area contributed by atoms with Gasteiger partial charge >= 0.3 is 0 Å². The van der Waals surface area contributed by atoms with Crippen molar-refractivity contribution in [2.24, 2.45) is 11.7 Å². The lowest BCUT2D eigenvalue weighted by molar-refractivity contribution is -0.118. The molecule has 6 nitrogen and oxygen atoms in total. The van der Waals surface area contributed by atoms with Gasteiger partial charge in [-0.15, -0.1) is 0 Å². The molecule has 116 valence electrons. The highest BCUT2D eigenvalue weighted by molar-refractivity contribution is 5.95. The summed E-state index contributed by atoms with van der Waals surface area (Å²) in [6.07, 6.45) is 0. The molecule has 3 N–H and O–H groups in total. The van der Waals surface area contributed by atoms with E-state index in [2.05, 4.69) is 15.2 Å². The van der Waals surface area contributed by atoms with E-state index in [1.54, 1.807) is 0 Å². The van der Waals surface area contributed by atoms with Gasteiger partial charge in [-0.1, -0.05) is 13.8 Å². The van der Waals surface area contributed by atoms with Gasteiger partial charge in [0.2, 0.25) is 5.91 Å². The maximum absolute atomic E-state index is 12.0. The number of rotatable bonds is 4. The molecule has 1 fully saturated rings. The van der Waals surface area contributed by atoms with Gasteiger partial charge in [0.25, 0.3) is 0 Å². The van der Waals surface area contributed by atoms with Crippen LogP contribution < -0.4 is 16.0 Å². The van der Waals surface area contributed by atoms with Crippen LogP contribution in [0.15, 0.2) is 12.1 Å². The van der Waals surface area contributed by atoms with E-state index in [9.17, 15) is 4.79 Å². The highest BCUT2D eigenvalue weighted by Crippen LogP contribution is 2.20. The minimum atomic E-state index is -0.511. The topological polar surface area (TPSA) is 80.5 Å². The summed E-state index contributed by atoms with van der Waals surface area (Å²) >= 11 is 0. The molecular formula is C15H24N4O2. The molecule has 1 aliphatic rings. The van der Waals surface area contributed by atoms with Crippen molar-refractivity contribution in [3.05, 3.63) is 17.8 Å². The first kappa shape index (κ1) is 15.7. The molecule has 0 aliphatic carbocycles. The molecule has 1 aromatic heterocycles. The number of anilines is 2. The average Bonchev–Trinajstić information content (AvgIpc) is 2.49. The van der Waals surface area contributed by atoms with Gasteiger partial charge in [-0.25, -0.2) is 4.98 Å². The molecule has 2 rings (SSSR count). The van der Waals surface area contributed by atoms with Crippen molar-refractivity contribution in [2.75, 3.05) is 36.5 Å². The van der Waals surface area contributed by atoms with E-state index in [4.69, 9.17) is 10.5 Å². The van der Waals surface area contributed by atoms with E-state index in [1.807, 2.05) is 32.9 Å². The van der Waals surface area contributed by atoms with E-state index < -0.39 is 6.04 Å². The number of hydrogen-bond donors (Lipinski definition) is 2. The first-order valence-electron chi connectivity index (χ1n) is 7.36. The molecule has 1 atom stereocenters. The van der Waals surface area contributed by atoms with Gasteiger partial charge in [0.05, 0.1) is 30.6 Å². The summed E-state index contributed by atoms with van der Waals surface area (Å²) in [7, 11) is 0. The number of amides is 1. The molecule has 0 radical (unpaired) electrons. The largest absolute Gasteiger partial charge is 0.378 e. The highest BCUT2D eigenvalue weighted by atomic mass is 16.5. The number of nitrogens with two attached hydrogens (primary N) is 1. The van der Waals surface area contributed by atoms with E-state index in [0.717, 1.165) is 37.8 Å². The maximum Gasteiger partial charge on any atom is 0.241 e. The smallest absolute Gasteiger partial charge is 0.241 e. The number of nitrogens with one attached hydrogen (secondary N) is 1. The molecule has 1 amide bonds. The lowest BCUT2D eigenvalue weighted by Crippen LogP contribution is -2.40. The lowest BCUT2D eigenvalue weighted by atomic mass is 10.0. The number of pyridine rings is 1. The van der Waals surface area contributed by atoms with Crippen LogP contribution in [0.5, 0.6) is 0 Å². The van der Waals surface area contributed by atoms with Crippen LogP contribution in [-0.2, 0) is 9.53 Å². The second kappa shape index (κ2) is 6.87. The van der Waals surface area contributed by atoms with Gasteiger partial charge in [-0.05, 0) is 25.0 Å². The third kappa shape index (κ3) is 3.92. The number of carbonyl (C=O) groups excluding carboxylic acids is 1. The van der Waals surface area contributed by atoms with Crippen LogP contribution in [0, 0.1) is 12.8 Å². The number of carbonyl (C=O) groups is 1. The summed E-state index contributed by atoms with van der Waals surface area (Å²) in [5, 5.41) is 2.85. The molecule has 1 aromatic rings. The Bertz CT molecular complexity index is 498. The van der Waals surface area contributed by atoms with Crippen molar-refractivity contribution in [3.8, 4) is 0 Å². The third-order valence-electron chi connectivity index (χ3n) is 3.69. The molecule has 0 bridgehead atoms. The Morgan fingerprint density at radius 2 is 2.05 bits per heavy atom. The van der Waals surface area contributed by atoms with Crippen LogP contribution in [0.1, 0.15) is 19.5 Å². The van der Waals surface area contributed by atoms with Gasteiger partial charge in [0.15, 0.2) is 0 Å². The maximum atomic E-state index is 12.0. The molecule has 2 heterocycles. The standard InChI is InChI=1S/C15H24N4O2/c1-10(2)14(16)15(20)18-12-4-5-13(17-11(12)3)19-6-8-21-9-7-19/h4-5,10,14H,6-9,16H2,1-3H3,(H,18,20)/t14-/m0/s1. The van der Waals surface area contributed by atoms with Crippen LogP contribution in [-0.4, -0.2) is 43.2 Å². The molecule has 6 heteroatoms. The summed E-state index contributed by atoms with van der Waals surface area (Å²) < 4.78 is 5.34. The zero-order chi connectivity index (χ0) is 15.4. The quantitative estimate of drug-likeness (QED) is 0.870. The summed E-state index contributed by atoms with van der Waals surface area (Å²) in [5.74, 6) is 0.849. The summed E-state index contributed by atoms with van der Waals surface area (Å²) in [6, 6.07) is 3.30. The van der Waals surface area contributed by atoms with Crippen molar-refractivity contribution in [1.29, 1.82) is 0 Å². The van der Waals surface area contributed by atoms with Crippen LogP contribution in [0.3, 0.4) is 0 Å². The van der Waals surface area contributed by atoms with Crippen LogP contribution in [0.4, 0.5) is 11.5 Å².